The lowest BCUT2D eigenvalue weighted by atomic mass is 10.2. The van der Waals surface area contributed by atoms with Crippen LogP contribution >= 0.6 is 0 Å². The Labute approximate surface area is 113 Å². The third-order valence-electron chi connectivity index (χ3n) is 1.83. The summed E-state index contributed by atoms with van der Waals surface area (Å²) in [5.74, 6) is -0.305. The van der Waals surface area contributed by atoms with Gasteiger partial charge >= 0.3 is 5.97 Å². The van der Waals surface area contributed by atoms with Crippen LogP contribution in [0.5, 0.6) is 0 Å². The molecule has 4 nitrogen and oxygen atoms in total. The fourth-order valence-electron chi connectivity index (χ4n) is 1.06. The number of nitrogens with zero attached hydrogens (tertiary/aromatic N) is 1. The molecule has 0 bridgehead atoms. The summed E-state index contributed by atoms with van der Waals surface area (Å²) >= 11 is 0. The van der Waals surface area contributed by atoms with Crippen LogP contribution in [0.3, 0.4) is 0 Å². The lowest BCUT2D eigenvalue weighted by molar-refractivity contribution is -0.127. The Morgan fingerprint density at radius 1 is 1.06 bits per heavy atom. The zero-order valence-corrected chi connectivity index (χ0v) is 14.8. The molecule has 0 spiro atoms. The number of oxime groups is 1. The summed E-state index contributed by atoms with van der Waals surface area (Å²) in [5.41, 5.74) is 0.432. The number of carbonyl (C=O) groups is 1. The molecule has 0 aromatic carbocycles. The molecule has 0 saturated heterocycles. The van der Waals surface area contributed by atoms with Crippen molar-refractivity contribution in [1.82, 2.24) is 0 Å². The van der Waals surface area contributed by atoms with Crippen LogP contribution in [0.15, 0.2) is 5.16 Å². The van der Waals surface area contributed by atoms with E-state index in [0.29, 0.717) is 12.1 Å². The normalized spacial score (nSPS) is 13.4. The van der Waals surface area contributed by atoms with Crippen molar-refractivity contribution in [3.8, 4) is 0 Å². The molecule has 0 heterocycles. The Bertz CT molecular complexity index is 303. The van der Waals surface area contributed by atoms with Gasteiger partial charge in [-0.05, 0) is 45.7 Å². The molecule has 0 amide bonds. The summed E-state index contributed by atoms with van der Waals surface area (Å²) in [7, 11) is -3.62. The second-order valence-electron chi connectivity index (χ2n) is 6.35. The molecule has 6 heteroatoms. The largest absolute Gasteiger partial charge is 0.515 e. The van der Waals surface area contributed by atoms with Gasteiger partial charge in [-0.3, -0.25) is 0 Å². The maximum atomic E-state index is 12.0. The van der Waals surface area contributed by atoms with Crippen LogP contribution in [0.2, 0.25) is 39.3 Å². The van der Waals surface area contributed by atoms with Crippen LogP contribution in [0.4, 0.5) is 0 Å². The smallest absolute Gasteiger partial charge is 0.342 e. The second kappa shape index (κ2) is 7.08. The summed E-state index contributed by atoms with van der Waals surface area (Å²) in [6.07, 6.45) is 2.57. The highest BCUT2D eigenvalue weighted by Crippen LogP contribution is 2.09. The topological polar surface area (TPSA) is 47.9 Å². The van der Waals surface area contributed by atoms with E-state index in [1.807, 2.05) is 39.3 Å². The van der Waals surface area contributed by atoms with Gasteiger partial charge in [0, 0.05) is 6.42 Å². The zero-order chi connectivity index (χ0) is 14.4. The van der Waals surface area contributed by atoms with Crippen molar-refractivity contribution in [2.75, 3.05) is 0 Å². The molecular weight excluding hydrogens is 262 g/mol. The summed E-state index contributed by atoms with van der Waals surface area (Å²) in [6.45, 7) is 14.2. The van der Waals surface area contributed by atoms with E-state index in [0.717, 1.165) is 12.8 Å². The Morgan fingerprint density at radius 2 is 1.61 bits per heavy atom. The fraction of sp³-hybridized carbons (Fsp3) is 0.833. The highest BCUT2D eigenvalue weighted by atomic mass is 28.4. The van der Waals surface area contributed by atoms with Crippen LogP contribution in [0.1, 0.15) is 26.2 Å². The van der Waals surface area contributed by atoms with E-state index in [-0.39, 0.29) is 5.97 Å². The highest BCUT2D eigenvalue weighted by molar-refractivity contribution is 6.72. The van der Waals surface area contributed by atoms with Gasteiger partial charge in [0.2, 0.25) is 8.32 Å². The SMILES string of the molecule is CCCC/C(=N\O[Si](C)(C)C)C(=O)O[Si](C)(C)C. The number of hydrogen-bond acceptors (Lipinski definition) is 4. The Hall–Kier alpha value is -0.626. The highest BCUT2D eigenvalue weighted by Gasteiger charge is 2.24. The van der Waals surface area contributed by atoms with E-state index in [4.69, 9.17) is 8.95 Å². The molecule has 0 unspecified atom stereocenters. The maximum absolute atomic E-state index is 12.0. The molecular formula is C12H27NO3Si2. The number of carbonyl (C=O) groups excluding carboxylic acids is 1. The van der Waals surface area contributed by atoms with Crippen LogP contribution in [-0.2, 0) is 13.7 Å². The third kappa shape index (κ3) is 9.41. The van der Waals surface area contributed by atoms with Gasteiger partial charge in [-0.1, -0.05) is 18.5 Å². The van der Waals surface area contributed by atoms with Crippen molar-refractivity contribution < 1.29 is 13.7 Å². The molecule has 0 saturated carbocycles. The van der Waals surface area contributed by atoms with Crippen LogP contribution in [0.25, 0.3) is 0 Å². The summed E-state index contributed by atoms with van der Waals surface area (Å²) < 4.78 is 10.9. The molecule has 0 aromatic rings. The zero-order valence-electron chi connectivity index (χ0n) is 12.8. The van der Waals surface area contributed by atoms with Crippen molar-refractivity contribution in [1.29, 1.82) is 0 Å². The van der Waals surface area contributed by atoms with Gasteiger partial charge in [-0.15, -0.1) is 0 Å². The van der Waals surface area contributed by atoms with Crippen LogP contribution < -0.4 is 0 Å². The van der Waals surface area contributed by atoms with E-state index in [9.17, 15) is 4.79 Å². The predicted molar refractivity (Wildman–Crippen MR) is 80.8 cm³/mol. The van der Waals surface area contributed by atoms with Gasteiger partial charge in [0.1, 0.15) is 0 Å². The van der Waals surface area contributed by atoms with Crippen LogP contribution in [0, 0.1) is 0 Å². The first-order chi connectivity index (χ1) is 8.05. The van der Waals surface area contributed by atoms with Crippen molar-refractivity contribution in [3.63, 3.8) is 0 Å². The molecule has 0 aromatic heterocycles. The van der Waals surface area contributed by atoms with Crippen molar-refractivity contribution in [3.05, 3.63) is 0 Å². The van der Waals surface area contributed by atoms with Crippen LogP contribution in [-0.4, -0.2) is 28.3 Å². The quantitative estimate of drug-likeness (QED) is 0.407. The van der Waals surface area contributed by atoms with Gasteiger partial charge in [-0.25, -0.2) is 4.79 Å². The number of rotatable bonds is 7. The maximum Gasteiger partial charge on any atom is 0.342 e. The van der Waals surface area contributed by atoms with E-state index < -0.39 is 16.6 Å². The minimum Gasteiger partial charge on any atom is -0.515 e. The van der Waals surface area contributed by atoms with Gasteiger partial charge in [0.15, 0.2) is 5.71 Å². The first-order valence-electron chi connectivity index (χ1n) is 6.53. The lowest BCUT2D eigenvalue weighted by Crippen LogP contribution is -2.34. The van der Waals surface area contributed by atoms with Crippen molar-refractivity contribution in [2.24, 2.45) is 5.16 Å². The predicted octanol–water partition coefficient (Wildman–Crippen LogP) is 3.76. The van der Waals surface area contributed by atoms with E-state index in [1.54, 1.807) is 0 Å². The number of unbranched alkanes of at least 4 members (excludes halogenated alkanes) is 1. The monoisotopic (exact) mass is 289 g/mol. The molecule has 18 heavy (non-hydrogen) atoms. The van der Waals surface area contributed by atoms with Crippen molar-refractivity contribution in [2.45, 2.75) is 65.5 Å². The van der Waals surface area contributed by atoms with E-state index in [1.165, 1.54) is 0 Å². The Morgan fingerprint density at radius 3 is 2.00 bits per heavy atom. The molecule has 0 radical (unpaired) electrons. The van der Waals surface area contributed by atoms with Gasteiger partial charge < -0.3 is 8.95 Å². The summed E-state index contributed by atoms with van der Waals surface area (Å²) in [5, 5.41) is 4.04. The van der Waals surface area contributed by atoms with E-state index >= 15 is 0 Å². The fourth-order valence-corrected chi connectivity index (χ4v) is 2.12. The first-order valence-corrected chi connectivity index (χ1v) is 13.3. The molecule has 0 N–H and O–H groups in total. The molecule has 106 valence electrons. The molecule has 0 rings (SSSR count). The van der Waals surface area contributed by atoms with Gasteiger partial charge in [-0.2, -0.15) is 0 Å². The summed E-state index contributed by atoms with van der Waals surface area (Å²) in [4.78, 5) is 12.0. The Kier molecular flexibility index (Phi) is 6.84. The van der Waals surface area contributed by atoms with Gasteiger partial charge in [0.05, 0.1) is 0 Å². The molecule has 0 aliphatic rings. The number of hydrogen-bond donors (Lipinski definition) is 0. The molecule has 0 aliphatic carbocycles. The minimum atomic E-state index is -1.87. The molecule has 0 aliphatic heterocycles. The van der Waals surface area contributed by atoms with Crippen molar-refractivity contribution >= 4 is 28.3 Å². The average molecular weight is 290 g/mol. The standard InChI is InChI=1S/C12H27NO3Si2/c1-8-9-10-11(13-16-18(5,6)7)12(14)15-17(2,3)4/h8-10H2,1-7H3/b13-11+. The van der Waals surface area contributed by atoms with E-state index in [2.05, 4.69) is 12.1 Å². The molecule has 0 fully saturated rings. The first kappa shape index (κ1) is 17.4. The second-order valence-corrected chi connectivity index (χ2v) is 15.2. The summed E-state index contributed by atoms with van der Waals surface area (Å²) in [6, 6.07) is 0. The average Bonchev–Trinajstić information content (AvgIpc) is 2.13. The Balaban J connectivity index is 4.71. The lowest BCUT2D eigenvalue weighted by Gasteiger charge is -2.19. The van der Waals surface area contributed by atoms with Gasteiger partial charge in [0.25, 0.3) is 8.32 Å². The third-order valence-corrected chi connectivity index (χ3v) is 3.27. The minimum absolute atomic E-state index is 0.305. The molecule has 0 atom stereocenters.